The molecule has 35 heavy (non-hydrogen) atoms. The van der Waals surface area contributed by atoms with Gasteiger partial charge in [0.15, 0.2) is 0 Å². The molecule has 2 atom stereocenters. The van der Waals surface area contributed by atoms with Gasteiger partial charge in [-0.2, -0.15) is 11.8 Å². The van der Waals surface area contributed by atoms with E-state index >= 15 is 0 Å². The van der Waals surface area contributed by atoms with Crippen molar-refractivity contribution in [2.75, 3.05) is 45.9 Å². The van der Waals surface area contributed by atoms with Crippen LogP contribution in [-0.4, -0.2) is 68.6 Å². The van der Waals surface area contributed by atoms with Crippen LogP contribution in [-0.2, 0) is 4.79 Å². The maximum atomic E-state index is 13.3. The number of ether oxygens (including phenoxy) is 2. The van der Waals surface area contributed by atoms with Crippen LogP contribution in [0, 0.1) is 0 Å². The van der Waals surface area contributed by atoms with E-state index in [0.717, 1.165) is 43.0 Å². The molecule has 0 unspecified atom stereocenters. The third-order valence-electron chi connectivity index (χ3n) is 6.39. The first-order valence-electron chi connectivity index (χ1n) is 12.2. The Bertz CT molecular complexity index is 948. The molecule has 1 aliphatic rings. The summed E-state index contributed by atoms with van der Waals surface area (Å²) in [5.74, 6) is 1.58. The highest BCUT2D eigenvalue weighted by Gasteiger charge is 2.26. The minimum atomic E-state index is -0.627. The van der Waals surface area contributed by atoms with E-state index in [0.29, 0.717) is 24.3 Å². The zero-order valence-electron chi connectivity index (χ0n) is 20.9. The van der Waals surface area contributed by atoms with Gasteiger partial charge in [-0.05, 0) is 74.2 Å². The Labute approximate surface area is 212 Å². The standard InChI is InChI=1S/C27H37N3O4S/c1-33-21-13-11-20(12-14-21)24(30-16-7-4-8-17-30)19-28-27(32)23(15-18-35-3)29-26(31)22-9-5-6-10-25(22)34-2/h5-6,9-14,23-24H,4,7-8,15-19H2,1-3H3,(H,28,32)(H,29,31)/t23-,24-/m1/s1. The van der Waals surface area contributed by atoms with Crippen molar-refractivity contribution in [3.05, 3.63) is 59.7 Å². The van der Waals surface area contributed by atoms with Crippen LogP contribution in [0.15, 0.2) is 48.5 Å². The van der Waals surface area contributed by atoms with E-state index in [4.69, 9.17) is 9.47 Å². The van der Waals surface area contributed by atoms with Crippen molar-refractivity contribution in [2.24, 2.45) is 0 Å². The molecular weight excluding hydrogens is 462 g/mol. The molecular formula is C27H37N3O4S. The second kappa shape index (κ2) is 14.0. The topological polar surface area (TPSA) is 79.9 Å². The minimum Gasteiger partial charge on any atom is -0.497 e. The minimum absolute atomic E-state index is 0.0660. The van der Waals surface area contributed by atoms with Gasteiger partial charge < -0.3 is 20.1 Å². The van der Waals surface area contributed by atoms with Crippen LogP contribution >= 0.6 is 11.8 Å². The summed E-state index contributed by atoms with van der Waals surface area (Å²) in [7, 11) is 3.19. The van der Waals surface area contributed by atoms with E-state index in [1.54, 1.807) is 37.1 Å². The lowest BCUT2D eigenvalue weighted by Gasteiger charge is -2.35. The first-order valence-corrected chi connectivity index (χ1v) is 13.5. The van der Waals surface area contributed by atoms with Crippen LogP contribution in [0.3, 0.4) is 0 Å². The lowest BCUT2D eigenvalue weighted by atomic mass is 10.0. The zero-order valence-corrected chi connectivity index (χ0v) is 21.7. The summed E-state index contributed by atoms with van der Waals surface area (Å²) in [6.45, 7) is 2.49. The van der Waals surface area contributed by atoms with E-state index < -0.39 is 6.04 Å². The van der Waals surface area contributed by atoms with Crippen molar-refractivity contribution >= 4 is 23.6 Å². The summed E-state index contributed by atoms with van der Waals surface area (Å²) in [5.41, 5.74) is 1.56. The molecule has 3 rings (SSSR count). The SMILES string of the molecule is COc1ccc([C@@H](CNC(=O)[C@@H](CCSC)NC(=O)c2ccccc2OC)N2CCCCC2)cc1. The molecule has 1 saturated heterocycles. The van der Waals surface area contributed by atoms with Gasteiger partial charge in [-0.25, -0.2) is 0 Å². The molecule has 1 heterocycles. The van der Waals surface area contributed by atoms with Crippen LogP contribution in [0.5, 0.6) is 11.5 Å². The molecule has 1 fully saturated rings. The molecule has 0 saturated carbocycles. The normalized spacial score (nSPS) is 15.6. The van der Waals surface area contributed by atoms with Gasteiger partial charge in [0, 0.05) is 6.54 Å². The molecule has 7 nitrogen and oxygen atoms in total. The van der Waals surface area contributed by atoms with Gasteiger partial charge in [0.25, 0.3) is 5.91 Å². The number of thioether (sulfide) groups is 1. The fourth-order valence-electron chi connectivity index (χ4n) is 4.41. The van der Waals surface area contributed by atoms with E-state index in [1.165, 1.54) is 13.5 Å². The Morgan fingerprint density at radius 1 is 1.00 bits per heavy atom. The Hall–Kier alpha value is -2.71. The van der Waals surface area contributed by atoms with Crippen LogP contribution in [0.4, 0.5) is 0 Å². The summed E-state index contributed by atoms with van der Waals surface area (Å²) in [5, 5.41) is 6.06. The maximum Gasteiger partial charge on any atom is 0.255 e. The quantitative estimate of drug-likeness (QED) is 0.461. The smallest absolute Gasteiger partial charge is 0.255 e. The Balaban J connectivity index is 1.71. The molecule has 2 aromatic rings. The molecule has 1 aliphatic heterocycles. The molecule has 0 bridgehead atoms. The highest BCUT2D eigenvalue weighted by atomic mass is 32.2. The molecule has 0 aliphatic carbocycles. The summed E-state index contributed by atoms with van der Waals surface area (Å²) in [4.78, 5) is 28.7. The molecule has 0 aromatic heterocycles. The highest BCUT2D eigenvalue weighted by Crippen LogP contribution is 2.26. The van der Waals surface area contributed by atoms with Crippen molar-refractivity contribution in [1.29, 1.82) is 0 Å². The number of para-hydroxylation sites is 1. The fourth-order valence-corrected chi connectivity index (χ4v) is 4.88. The van der Waals surface area contributed by atoms with Gasteiger partial charge in [-0.3, -0.25) is 14.5 Å². The van der Waals surface area contributed by atoms with Crippen molar-refractivity contribution in [3.63, 3.8) is 0 Å². The lowest BCUT2D eigenvalue weighted by molar-refractivity contribution is -0.123. The second-order valence-corrected chi connectivity index (χ2v) is 9.62. The number of benzene rings is 2. The number of nitrogens with zero attached hydrogens (tertiary/aromatic N) is 1. The number of nitrogens with one attached hydrogen (secondary N) is 2. The van der Waals surface area contributed by atoms with Crippen LogP contribution in [0.1, 0.15) is 47.6 Å². The third-order valence-corrected chi connectivity index (χ3v) is 7.03. The van der Waals surface area contributed by atoms with Gasteiger partial charge in [0.1, 0.15) is 17.5 Å². The van der Waals surface area contributed by atoms with Gasteiger partial charge in [-0.15, -0.1) is 0 Å². The monoisotopic (exact) mass is 499 g/mol. The van der Waals surface area contributed by atoms with Crippen molar-refractivity contribution in [1.82, 2.24) is 15.5 Å². The van der Waals surface area contributed by atoms with Gasteiger partial charge in [0.05, 0.1) is 25.8 Å². The van der Waals surface area contributed by atoms with Crippen molar-refractivity contribution in [2.45, 2.75) is 37.8 Å². The lowest BCUT2D eigenvalue weighted by Crippen LogP contribution is -2.49. The van der Waals surface area contributed by atoms with Crippen LogP contribution in [0.25, 0.3) is 0 Å². The number of carbonyl (C=O) groups excluding carboxylic acids is 2. The number of carbonyl (C=O) groups is 2. The van der Waals surface area contributed by atoms with E-state index in [-0.39, 0.29) is 17.9 Å². The molecule has 2 N–H and O–H groups in total. The van der Waals surface area contributed by atoms with E-state index in [2.05, 4.69) is 27.7 Å². The zero-order chi connectivity index (χ0) is 25.0. The predicted octanol–water partition coefficient (Wildman–Crippen LogP) is 3.90. The van der Waals surface area contributed by atoms with Crippen LogP contribution < -0.4 is 20.1 Å². The van der Waals surface area contributed by atoms with E-state index in [9.17, 15) is 9.59 Å². The van der Waals surface area contributed by atoms with Crippen molar-refractivity contribution in [3.8, 4) is 11.5 Å². The summed E-state index contributed by atoms with van der Waals surface area (Å²) in [6, 6.07) is 14.5. The second-order valence-electron chi connectivity index (χ2n) is 8.64. The molecule has 0 radical (unpaired) electrons. The molecule has 0 spiro atoms. The first-order chi connectivity index (χ1) is 17.1. The summed E-state index contributed by atoms with van der Waals surface area (Å²) >= 11 is 1.65. The largest absolute Gasteiger partial charge is 0.497 e. The summed E-state index contributed by atoms with van der Waals surface area (Å²) < 4.78 is 10.6. The number of methoxy groups -OCH3 is 2. The highest BCUT2D eigenvalue weighted by molar-refractivity contribution is 7.98. The molecule has 8 heteroatoms. The molecule has 190 valence electrons. The Morgan fingerprint density at radius 2 is 1.71 bits per heavy atom. The number of piperidine rings is 1. The number of hydrogen-bond acceptors (Lipinski definition) is 6. The third kappa shape index (κ3) is 7.64. The number of likely N-dealkylation sites (tertiary alicyclic amines) is 1. The molecule has 2 amide bonds. The average molecular weight is 500 g/mol. The molecule has 2 aromatic carbocycles. The summed E-state index contributed by atoms with van der Waals surface area (Å²) in [6.07, 6.45) is 6.10. The number of hydrogen-bond donors (Lipinski definition) is 2. The predicted molar refractivity (Wildman–Crippen MR) is 141 cm³/mol. The van der Waals surface area contributed by atoms with Crippen molar-refractivity contribution < 1.29 is 19.1 Å². The van der Waals surface area contributed by atoms with E-state index in [1.807, 2.05) is 24.5 Å². The van der Waals surface area contributed by atoms with Gasteiger partial charge >= 0.3 is 0 Å². The Morgan fingerprint density at radius 3 is 2.37 bits per heavy atom. The Kier molecular flexibility index (Phi) is 10.8. The maximum absolute atomic E-state index is 13.3. The van der Waals surface area contributed by atoms with Gasteiger partial charge in [0.2, 0.25) is 5.91 Å². The van der Waals surface area contributed by atoms with Crippen LogP contribution in [0.2, 0.25) is 0 Å². The fraction of sp³-hybridized carbons (Fsp3) is 0.481. The first kappa shape index (κ1) is 26.9. The number of rotatable bonds is 12. The van der Waals surface area contributed by atoms with Gasteiger partial charge in [-0.1, -0.05) is 30.7 Å². The average Bonchev–Trinajstić information content (AvgIpc) is 2.91. The number of amides is 2.